The van der Waals surface area contributed by atoms with Gasteiger partial charge in [0.2, 0.25) is 0 Å². The maximum atomic E-state index is 12.0. The molecule has 1 aliphatic carbocycles. The number of nitrogens with zero attached hydrogens (tertiary/aromatic N) is 1. The summed E-state index contributed by atoms with van der Waals surface area (Å²) in [4.78, 5) is 25.5. The molecule has 0 N–H and O–H groups in total. The Bertz CT molecular complexity index is 520. The summed E-state index contributed by atoms with van der Waals surface area (Å²) in [6.45, 7) is 0.657. The fourth-order valence-electron chi connectivity index (χ4n) is 2.52. The zero-order chi connectivity index (χ0) is 12.7. The summed E-state index contributed by atoms with van der Waals surface area (Å²) in [5, 5.41) is 0. The molecule has 18 heavy (non-hydrogen) atoms. The van der Waals surface area contributed by atoms with Gasteiger partial charge in [-0.05, 0) is 30.9 Å². The molecule has 94 valence electrons. The molecule has 1 heterocycles. The van der Waals surface area contributed by atoms with Gasteiger partial charge in [0.15, 0.2) is 0 Å². The van der Waals surface area contributed by atoms with Gasteiger partial charge in [-0.1, -0.05) is 6.42 Å². The van der Waals surface area contributed by atoms with Gasteiger partial charge in [-0.3, -0.25) is 9.59 Å². The van der Waals surface area contributed by atoms with Crippen LogP contribution >= 0.6 is 0 Å². The molecule has 1 fully saturated rings. The van der Waals surface area contributed by atoms with E-state index in [0.717, 1.165) is 12.8 Å². The number of methoxy groups -OCH3 is 1. The number of benzene rings is 1. The van der Waals surface area contributed by atoms with Gasteiger partial charge in [0, 0.05) is 12.6 Å². The Balaban J connectivity index is 1.95. The number of amides is 1. The monoisotopic (exact) mass is 245 g/mol. The highest BCUT2D eigenvalue weighted by atomic mass is 16.5. The molecule has 1 aliphatic heterocycles. The van der Waals surface area contributed by atoms with Crippen molar-refractivity contribution in [3.63, 3.8) is 0 Å². The zero-order valence-corrected chi connectivity index (χ0v) is 10.3. The molecule has 0 saturated heterocycles. The fourth-order valence-corrected chi connectivity index (χ4v) is 2.52. The van der Waals surface area contributed by atoms with Crippen LogP contribution in [0.5, 0.6) is 5.75 Å². The first-order valence-electron chi connectivity index (χ1n) is 6.25. The lowest BCUT2D eigenvalue weighted by atomic mass is 9.85. The summed E-state index contributed by atoms with van der Waals surface area (Å²) < 4.78 is 5.15. The third-order valence-corrected chi connectivity index (χ3v) is 3.85. The number of carbonyl (C=O) groups is 2. The molecular weight excluding hydrogens is 230 g/mol. The fraction of sp³-hybridized carbons (Fsp3) is 0.429. The molecule has 4 heteroatoms. The number of fused-ring (bicyclic) bond motifs is 1. The maximum Gasteiger partial charge on any atom is 0.299 e. The normalized spacial score (nSPS) is 18.8. The number of hydrogen-bond donors (Lipinski definition) is 0. The van der Waals surface area contributed by atoms with E-state index in [2.05, 4.69) is 0 Å². The first-order valence-corrected chi connectivity index (χ1v) is 6.25. The molecule has 0 atom stereocenters. The topological polar surface area (TPSA) is 46.6 Å². The summed E-state index contributed by atoms with van der Waals surface area (Å²) >= 11 is 0. The van der Waals surface area contributed by atoms with Crippen LogP contribution in [0.15, 0.2) is 18.2 Å². The van der Waals surface area contributed by atoms with Crippen molar-refractivity contribution in [2.45, 2.75) is 19.3 Å². The summed E-state index contributed by atoms with van der Waals surface area (Å²) in [5.74, 6) is 0.422. The van der Waals surface area contributed by atoms with E-state index < -0.39 is 11.7 Å². The molecule has 2 aliphatic rings. The van der Waals surface area contributed by atoms with Crippen molar-refractivity contribution in [3.05, 3.63) is 23.8 Å². The van der Waals surface area contributed by atoms with Crippen molar-refractivity contribution in [2.75, 3.05) is 18.6 Å². The second-order valence-electron chi connectivity index (χ2n) is 4.92. The highest BCUT2D eigenvalue weighted by Gasteiger charge is 2.37. The van der Waals surface area contributed by atoms with E-state index in [9.17, 15) is 9.59 Å². The average Bonchev–Trinajstić information content (AvgIpc) is 2.57. The van der Waals surface area contributed by atoms with E-state index in [-0.39, 0.29) is 0 Å². The van der Waals surface area contributed by atoms with Gasteiger partial charge < -0.3 is 9.64 Å². The Labute approximate surface area is 106 Å². The van der Waals surface area contributed by atoms with Crippen LogP contribution in [-0.4, -0.2) is 25.3 Å². The minimum absolute atomic E-state index is 0.396. The second-order valence-corrected chi connectivity index (χ2v) is 4.92. The van der Waals surface area contributed by atoms with Gasteiger partial charge in [-0.25, -0.2) is 0 Å². The third-order valence-electron chi connectivity index (χ3n) is 3.85. The van der Waals surface area contributed by atoms with Gasteiger partial charge in [-0.15, -0.1) is 0 Å². The van der Waals surface area contributed by atoms with Gasteiger partial charge >= 0.3 is 0 Å². The smallest absolute Gasteiger partial charge is 0.299 e. The predicted octanol–water partition coefficient (Wildman–Crippen LogP) is 2.02. The Morgan fingerprint density at radius 3 is 2.72 bits per heavy atom. The molecule has 1 aromatic rings. The van der Waals surface area contributed by atoms with E-state index in [0.29, 0.717) is 29.5 Å². The maximum absolute atomic E-state index is 12.0. The molecule has 1 saturated carbocycles. The summed E-state index contributed by atoms with van der Waals surface area (Å²) in [5.41, 5.74) is 1.20. The Morgan fingerprint density at radius 2 is 2.11 bits per heavy atom. The molecular formula is C14H15NO3. The zero-order valence-electron chi connectivity index (χ0n) is 10.3. The first-order chi connectivity index (χ1) is 8.70. The number of carbonyl (C=O) groups excluding carboxylic acids is 2. The molecule has 1 amide bonds. The number of anilines is 1. The summed E-state index contributed by atoms with van der Waals surface area (Å²) in [6.07, 6.45) is 3.53. The van der Waals surface area contributed by atoms with Crippen LogP contribution in [0, 0.1) is 5.92 Å². The molecule has 3 rings (SSSR count). The van der Waals surface area contributed by atoms with Crippen LogP contribution in [0.25, 0.3) is 0 Å². The van der Waals surface area contributed by atoms with Crippen LogP contribution in [0.3, 0.4) is 0 Å². The lowest BCUT2D eigenvalue weighted by Crippen LogP contribution is -2.36. The van der Waals surface area contributed by atoms with Gasteiger partial charge in [0.25, 0.3) is 11.7 Å². The number of rotatable bonds is 3. The molecule has 1 aromatic carbocycles. The van der Waals surface area contributed by atoms with Crippen LogP contribution in [0.2, 0.25) is 0 Å². The number of ketones is 1. The standard InChI is InChI=1S/C14H15NO3/c1-18-10-5-6-11-12(7-10)15(14(17)13(11)16)8-9-3-2-4-9/h5-7,9H,2-4,8H2,1H3. The minimum atomic E-state index is -0.398. The van der Waals surface area contributed by atoms with Crippen LogP contribution in [-0.2, 0) is 4.79 Å². The van der Waals surface area contributed by atoms with Crippen molar-refractivity contribution < 1.29 is 14.3 Å². The number of hydrogen-bond acceptors (Lipinski definition) is 3. The van der Waals surface area contributed by atoms with Crippen molar-refractivity contribution in [1.82, 2.24) is 0 Å². The summed E-state index contributed by atoms with van der Waals surface area (Å²) in [6, 6.07) is 5.17. The lowest BCUT2D eigenvalue weighted by Gasteiger charge is -2.30. The highest BCUT2D eigenvalue weighted by molar-refractivity contribution is 6.52. The van der Waals surface area contributed by atoms with E-state index in [1.807, 2.05) is 0 Å². The second kappa shape index (κ2) is 4.12. The van der Waals surface area contributed by atoms with E-state index in [1.54, 1.807) is 30.2 Å². The summed E-state index contributed by atoms with van der Waals surface area (Å²) in [7, 11) is 1.58. The molecule has 0 radical (unpaired) electrons. The molecule has 0 aromatic heterocycles. The first kappa shape index (κ1) is 11.3. The Kier molecular flexibility index (Phi) is 2.58. The number of ether oxygens (including phenoxy) is 1. The minimum Gasteiger partial charge on any atom is -0.497 e. The number of Topliss-reactive ketones (excluding diaryl/α,β-unsaturated/α-hetero) is 1. The van der Waals surface area contributed by atoms with Crippen molar-refractivity contribution in [1.29, 1.82) is 0 Å². The van der Waals surface area contributed by atoms with Gasteiger partial charge in [0.1, 0.15) is 5.75 Å². The lowest BCUT2D eigenvalue weighted by molar-refractivity contribution is -0.114. The van der Waals surface area contributed by atoms with E-state index >= 15 is 0 Å². The Hall–Kier alpha value is -1.84. The molecule has 0 unspecified atom stereocenters. The largest absolute Gasteiger partial charge is 0.497 e. The van der Waals surface area contributed by atoms with Gasteiger partial charge in [0.05, 0.1) is 18.4 Å². The quantitative estimate of drug-likeness (QED) is 0.765. The van der Waals surface area contributed by atoms with E-state index in [4.69, 9.17) is 4.74 Å². The average molecular weight is 245 g/mol. The highest BCUT2D eigenvalue weighted by Crippen LogP contribution is 2.36. The third kappa shape index (κ3) is 1.60. The Morgan fingerprint density at radius 1 is 1.33 bits per heavy atom. The van der Waals surface area contributed by atoms with Crippen LogP contribution in [0.1, 0.15) is 29.6 Å². The molecule has 0 spiro atoms. The van der Waals surface area contributed by atoms with E-state index in [1.165, 1.54) is 6.42 Å². The molecule has 0 bridgehead atoms. The van der Waals surface area contributed by atoms with Crippen LogP contribution in [0.4, 0.5) is 5.69 Å². The molecule has 4 nitrogen and oxygen atoms in total. The van der Waals surface area contributed by atoms with Gasteiger partial charge in [-0.2, -0.15) is 0 Å². The predicted molar refractivity (Wildman–Crippen MR) is 67.0 cm³/mol. The van der Waals surface area contributed by atoms with Crippen molar-refractivity contribution >= 4 is 17.4 Å². The van der Waals surface area contributed by atoms with Crippen LogP contribution < -0.4 is 9.64 Å². The van der Waals surface area contributed by atoms with Crippen molar-refractivity contribution in [3.8, 4) is 5.75 Å². The van der Waals surface area contributed by atoms with Crippen molar-refractivity contribution in [2.24, 2.45) is 5.92 Å². The SMILES string of the molecule is COc1ccc2c(c1)N(CC1CCC1)C(=O)C2=O.